The van der Waals surface area contributed by atoms with E-state index in [0.29, 0.717) is 17.4 Å². The van der Waals surface area contributed by atoms with Crippen molar-refractivity contribution in [3.8, 4) is 0 Å². The number of aryl methyl sites for hydroxylation is 1. The van der Waals surface area contributed by atoms with E-state index in [1.807, 2.05) is 12.1 Å². The van der Waals surface area contributed by atoms with Gasteiger partial charge in [0.1, 0.15) is 0 Å². The number of sulfonamides is 1. The molecule has 1 fully saturated rings. The zero-order valence-electron chi connectivity index (χ0n) is 15.4. The summed E-state index contributed by atoms with van der Waals surface area (Å²) in [6, 6.07) is 9.16. The maximum Gasteiger partial charge on any atom is 0.240 e. The van der Waals surface area contributed by atoms with Crippen molar-refractivity contribution in [2.24, 2.45) is 4.99 Å². The molecule has 1 heterocycles. The first kappa shape index (κ1) is 22.1. The summed E-state index contributed by atoms with van der Waals surface area (Å²) in [6.45, 7) is 3.39. The largest absolute Gasteiger partial charge is 0.352 e. The Morgan fingerprint density at radius 3 is 2.37 bits per heavy atom. The van der Waals surface area contributed by atoms with Crippen LogP contribution in [-0.2, 0) is 23.1 Å². The Hall–Kier alpha value is -1.17. The molecule has 1 aliphatic carbocycles. The molecule has 1 aliphatic rings. The Morgan fingerprint density at radius 1 is 1.15 bits per heavy atom. The lowest BCUT2D eigenvalue weighted by Gasteiger charge is -2.12. The highest BCUT2D eigenvalue weighted by atomic mass is 127. The van der Waals surface area contributed by atoms with Crippen molar-refractivity contribution in [1.29, 1.82) is 0 Å². The molecule has 0 spiro atoms. The summed E-state index contributed by atoms with van der Waals surface area (Å²) in [5, 5.41) is 8.62. The van der Waals surface area contributed by atoms with E-state index in [-0.39, 0.29) is 30.0 Å². The van der Waals surface area contributed by atoms with Gasteiger partial charge < -0.3 is 10.6 Å². The normalized spacial score (nSPS) is 14.5. The van der Waals surface area contributed by atoms with E-state index < -0.39 is 10.0 Å². The van der Waals surface area contributed by atoms with Crippen LogP contribution in [0.1, 0.15) is 28.8 Å². The topological polar surface area (TPSA) is 82.6 Å². The predicted molar refractivity (Wildman–Crippen MR) is 121 cm³/mol. The first-order valence-electron chi connectivity index (χ1n) is 8.56. The van der Waals surface area contributed by atoms with Gasteiger partial charge in [-0.3, -0.25) is 4.99 Å². The Kier molecular flexibility index (Phi) is 8.07. The van der Waals surface area contributed by atoms with E-state index in [2.05, 4.69) is 38.7 Å². The molecule has 0 saturated heterocycles. The molecular formula is C18H25IN4O2S2. The van der Waals surface area contributed by atoms with Crippen LogP contribution in [0.2, 0.25) is 0 Å². The minimum absolute atomic E-state index is 0. The molecule has 1 saturated carbocycles. The third-order valence-electron chi connectivity index (χ3n) is 4.20. The quantitative estimate of drug-likeness (QED) is 0.298. The number of halogens is 1. The number of guanidine groups is 1. The van der Waals surface area contributed by atoms with Crippen LogP contribution in [-0.4, -0.2) is 27.5 Å². The van der Waals surface area contributed by atoms with E-state index in [4.69, 9.17) is 0 Å². The molecular weight excluding hydrogens is 495 g/mol. The van der Waals surface area contributed by atoms with Crippen LogP contribution in [0.5, 0.6) is 0 Å². The van der Waals surface area contributed by atoms with Crippen LogP contribution in [0.15, 0.2) is 45.6 Å². The number of benzene rings is 1. The van der Waals surface area contributed by atoms with E-state index in [1.54, 1.807) is 30.5 Å². The molecule has 3 rings (SSSR count). The summed E-state index contributed by atoms with van der Waals surface area (Å²) in [5.41, 5.74) is 2.26. The van der Waals surface area contributed by atoms with Gasteiger partial charge >= 0.3 is 0 Å². The lowest BCUT2D eigenvalue weighted by molar-refractivity contribution is 0.581. The first-order chi connectivity index (χ1) is 12.5. The van der Waals surface area contributed by atoms with Crippen LogP contribution in [0.3, 0.4) is 0 Å². The van der Waals surface area contributed by atoms with Gasteiger partial charge in [-0.25, -0.2) is 13.1 Å². The summed E-state index contributed by atoms with van der Waals surface area (Å²) in [6.07, 6.45) is 1.86. The third-order valence-corrected chi connectivity index (χ3v) is 6.76. The molecule has 0 radical (unpaired) electrons. The summed E-state index contributed by atoms with van der Waals surface area (Å²) in [7, 11) is -1.66. The maximum absolute atomic E-state index is 12.2. The second kappa shape index (κ2) is 9.85. The highest BCUT2D eigenvalue weighted by molar-refractivity contribution is 14.0. The first-order valence-corrected chi connectivity index (χ1v) is 10.9. The van der Waals surface area contributed by atoms with Gasteiger partial charge in [0.25, 0.3) is 0 Å². The van der Waals surface area contributed by atoms with Gasteiger partial charge in [-0.15, -0.1) is 35.3 Å². The molecule has 2 aromatic rings. The molecule has 6 nitrogen and oxygen atoms in total. The minimum Gasteiger partial charge on any atom is -0.352 e. The van der Waals surface area contributed by atoms with Crippen LogP contribution < -0.4 is 15.4 Å². The van der Waals surface area contributed by atoms with Crippen molar-refractivity contribution in [2.45, 2.75) is 43.8 Å². The predicted octanol–water partition coefficient (Wildman–Crippen LogP) is 2.98. The molecule has 27 heavy (non-hydrogen) atoms. The smallest absolute Gasteiger partial charge is 0.240 e. The van der Waals surface area contributed by atoms with E-state index >= 15 is 0 Å². The Balaban J connectivity index is 0.00000261. The second-order valence-electron chi connectivity index (χ2n) is 6.35. The van der Waals surface area contributed by atoms with E-state index in [9.17, 15) is 8.42 Å². The summed E-state index contributed by atoms with van der Waals surface area (Å²) in [5.74, 6) is 0.713. The highest BCUT2D eigenvalue weighted by Crippen LogP contribution is 2.22. The Bertz CT molecular complexity index is 875. The van der Waals surface area contributed by atoms with Gasteiger partial charge in [0, 0.05) is 24.5 Å². The monoisotopic (exact) mass is 520 g/mol. The van der Waals surface area contributed by atoms with Crippen LogP contribution in [0.4, 0.5) is 0 Å². The molecule has 3 N–H and O–H groups in total. The van der Waals surface area contributed by atoms with Gasteiger partial charge in [-0.2, -0.15) is 0 Å². The molecule has 0 amide bonds. The number of nitrogens with one attached hydrogen (secondary N) is 3. The average Bonchev–Trinajstić information content (AvgIpc) is 3.34. The van der Waals surface area contributed by atoms with Crippen LogP contribution >= 0.6 is 35.3 Å². The lowest BCUT2D eigenvalue weighted by atomic mass is 10.2. The Labute approximate surface area is 181 Å². The van der Waals surface area contributed by atoms with Gasteiger partial charge in [-0.1, -0.05) is 12.1 Å². The standard InChI is InChI=1S/C18H24N4O2S2.HI/c1-13-9-10-25-17(13)12-21-18(19-2)20-11-14-3-7-16(8-4-14)26(23,24)22-15-5-6-15;/h3-4,7-10,15,22H,5-6,11-12H2,1-2H3,(H2,19,20,21);1H. The SMILES string of the molecule is CN=C(NCc1ccc(S(=O)(=O)NC2CC2)cc1)NCc1sccc1C.I. The van der Waals surface area contributed by atoms with Crippen molar-refractivity contribution in [3.63, 3.8) is 0 Å². The Morgan fingerprint density at radius 2 is 1.81 bits per heavy atom. The fourth-order valence-corrected chi connectivity index (χ4v) is 4.58. The number of hydrogen-bond donors (Lipinski definition) is 3. The number of nitrogens with zero attached hydrogens (tertiary/aromatic N) is 1. The fraction of sp³-hybridized carbons (Fsp3) is 0.389. The van der Waals surface area contributed by atoms with Gasteiger partial charge in [0.2, 0.25) is 10.0 Å². The molecule has 0 aliphatic heterocycles. The molecule has 148 valence electrons. The van der Waals surface area contributed by atoms with Crippen LogP contribution in [0.25, 0.3) is 0 Å². The zero-order chi connectivity index (χ0) is 18.6. The van der Waals surface area contributed by atoms with Gasteiger partial charge in [-0.05, 0) is 54.5 Å². The zero-order valence-corrected chi connectivity index (χ0v) is 19.3. The van der Waals surface area contributed by atoms with Crippen molar-refractivity contribution < 1.29 is 8.42 Å². The maximum atomic E-state index is 12.2. The van der Waals surface area contributed by atoms with Crippen molar-refractivity contribution in [3.05, 3.63) is 51.7 Å². The summed E-state index contributed by atoms with van der Waals surface area (Å²) < 4.78 is 27.0. The average molecular weight is 520 g/mol. The fourth-order valence-electron chi connectivity index (χ4n) is 2.43. The minimum atomic E-state index is -3.39. The van der Waals surface area contributed by atoms with Crippen molar-refractivity contribution in [1.82, 2.24) is 15.4 Å². The van der Waals surface area contributed by atoms with E-state index in [0.717, 1.165) is 24.9 Å². The third kappa shape index (κ3) is 6.44. The van der Waals surface area contributed by atoms with Crippen LogP contribution in [0, 0.1) is 6.92 Å². The van der Waals surface area contributed by atoms with Crippen molar-refractivity contribution >= 4 is 51.3 Å². The van der Waals surface area contributed by atoms with Crippen molar-refractivity contribution in [2.75, 3.05) is 7.05 Å². The number of hydrogen-bond acceptors (Lipinski definition) is 4. The second-order valence-corrected chi connectivity index (χ2v) is 9.06. The summed E-state index contributed by atoms with van der Waals surface area (Å²) in [4.78, 5) is 5.81. The van der Waals surface area contributed by atoms with E-state index in [1.165, 1.54) is 10.4 Å². The number of thiophene rings is 1. The summed E-state index contributed by atoms with van der Waals surface area (Å²) >= 11 is 1.72. The molecule has 1 aromatic carbocycles. The molecule has 1 aromatic heterocycles. The number of rotatable bonds is 7. The molecule has 0 unspecified atom stereocenters. The molecule has 9 heteroatoms. The number of aliphatic imine (C=N–C) groups is 1. The van der Waals surface area contributed by atoms with Gasteiger partial charge in [0.15, 0.2) is 5.96 Å². The van der Waals surface area contributed by atoms with Gasteiger partial charge in [0.05, 0.1) is 11.4 Å². The highest BCUT2D eigenvalue weighted by Gasteiger charge is 2.27. The lowest BCUT2D eigenvalue weighted by Crippen LogP contribution is -2.36. The molecule has 0 bridgehead atoms. The molecule has 0 atom stereocenters.